The zero-order valence-electron chi connectivity index (χ0n) is 11.3. The van der Waals surface area contributed by atoms with Crippen LogP contribution in [0.25, 0.3) is 0 Å². The molecule has 0 aliphatic heterocycles. The molecule has 1 atom stereocenters. The number of carbonyl (C=O) groups excluding carboxylic acids is 1. The van der Waals surface area contributed by atoms with E-state index in [9.17, 15) is 9.00 Å². The summed E-state index contributed by atoms with van der Waals surface area (Å²) in [5.74, 6) is 0.407. The standard InChI is InChI=1S/C15H15ClO2S2/c1-10-7-14(11(2)19-10)15(17)9-20(18)8-12-3-5-13(16)6-4-12/h3-7H,8-9H2,1-2H3. The van der Waals surface area contributed by atoms with Crippen molar-refractivity contribution in [2.45, 2.75) is 19.6 Å². The number of aryl methyl sites for hydroxylation is 2. The van der Waals surface area contributed by atoms with Crippen LogP contribution in [0.3, 0.4) is 0 Å². The molecule has 1 aromatic heterocycles. The second-order valence-corrected chi connectivity index (χ2v) is 7.96. The number of hydrogen-bond donors (Lipinski definition) is 0. The van der Waals surface area contributed by atoms with E-state index in [4.69, 9.17) is 11.6 Å². The van der Waals surface area contributed by atoms with Crippen molar-refractivity contribution in [3.8, 4) is 0 Å². The minimum absolute atomic E-state index is 0.0425. The molecule has 0 radical (unpaired) electrons. The van der Waals surface area contributed by atoms with Crippen LogP contribution in [-0.4, -0.2) is 15.7 Å². The zero-order valence-corrected chi connectivity index (χ0v) is 13.7. The first-order chi connectivity index (χ1) is 9.45. The van der Waals surface area contributed by atoms with E-state index in [-0.39, 0.29) is 11.5 Å². The van der Waals surface area contributed by atoms with Gasteiger partial charge in [-0.3, -0.25) is 9.00 Å². The average Bonchev–Trinajstić information content (AvgIpc) is 2.71. The van der Waals surface area contributed by atoms with Crippen LogP contribution in [-0.2, 0) is 16.6 Å². The third-order valence-electron chi connectivity index (χ3n) is 2.87. The molecule has 2 aromatic rings. The lowest BCUT2D eigenvalue weighted by Gasteiger charge is -2.03. The topological polar surface area (TPSA) is 34.1 Å². The van der Waals surface area contributed by atoms with E-state index in [1.165, 1.54) is 0 Å². The van der Waals surface area contributed by atoms with Gasteiger partial charge in [0.25, 0.3) is 0 Å². The number of rotatable bonds is 5. The number of ketones is 1. The summed E-state index contributed by atoms with van der Waals surface area (Å²) in [7, 11) is -1.20. The molecule has 2 nitrogen and oxygen atoms in total. The van der Waals surface area contributed by atoms with Crippen molar-refractivity contribution in [1.29, 1.82) is 0 Å². The van der Waals surface area contributed by atoms with Crippen molar-refractivity contribution in [2.24, 2.45) is 0 Å². The third-order valence-corrected chi connectivity index (χ3v) is 5.33. The Balaban J connectivity index is 1.99. The Kier molecular flexibility index (Phi) is 5.13. The highest BCUT2D eigenvalue weighted by atomic mass is 35.5. The molecule has 1 aromatic carbocycles. The maximum Gasteiger partial charge on any atom is 0.176 e. The molecule has 5 heteroatoms. The molecule has 0 bridgehead atoms. The summed E-state index contributed by atoms with van der Waals surface area (Å²) in [6.45, 7) is 3.89. The van der Waals surface area contributed by atoms with Crippen molar-refractivity contribution in [3.05, 3.63) is 56.2 Å². The molecule has 1 heterocycles. The highest BCUT2D eigenvalue weighted by Crippen LogP contribution is 2.21. The Morgan fingerprint density at radius 2 is 1.90 bits per heavy atom. The fourth-order valence-corrected chi connectivity index (χ4v) is 4.13. The molecular weight excluding hydrogens is 312 g/mol. The molecule has 20 heavy (non-hydrogen) atoms. The van der Waals surface area contributed by atoms with Gasteiger partial charge in [0.1, 0.15) is 0 Å². The van der Waals surface area contributed by atoms with Crippen molar-refractivity contribution >= 4 is 39.5 Å². The van der Waals surface area contributed by atoms with Gasteiger partial charge >= 0.3 is 0 Å². The summed E-state index contributed by atoms with van der Waals surface area (Å²) in [5.41, 5.74) is 1.63. The molecule has 0 spiro atoms. The summed E-state index contributed by atoms with van der Waals surface area (Å²) < 4.78 is 12.1. The van der Waals surface area contributed by atoms with Crippen LogP contribution in [0, 0.1) is 13.8 Å². The number of halogens is 1. The number of hydrogen-bond acceptors (Lipinski definition) is 3. The highest BCUT2D eigenvalue weighted by Gasteiger charge is 2.15. The van der Waals surface area contributed by atoms with Crippen molar-refractivity contribution in [3.63, 3.8) is 0 Å². The van der Waals surface area contributed by atoms with Gasteiger partial charge in [0, 0.05) is 36.9 Å². The van der Waals surface area contributed by atoms with E-state index in [0.29, 0.717) is 16.3 Å². The van der Waals surface area contributed by atoms with Gasteiger partial charge in [0.05, 0.1) is 5.75 Å². The second kappa shape index (κ2) is 6.66. The fourth-order valence-electron chi connectivity index (χ4n) is 1.95. The van der Waals surface area contributed by atoms with Gasteiger partial charge in [0.2, 0.25) is 0 Å². The van der Waals surface area contributed by atoms with Crippen LogP contribution in [0.15, 0.2) is 30.3 Å². The molecular formula is C15H15ClO2S2. The Hall–Kier alpha value is -0.970. The summed E-state index contributed by atoms with van der Waals surface area (Å²) in [5, 5.41) is 0.653. The minimum Gasteiger partial charge on any atom is -0.293 e. The number of carbonyl (C=O) groups is 1. The van der Waals surface area contributed by atoms with Crippen molar-refractivity contribution in [1.82, 2.24) is 0 Å². The Bertz CT molecular complexity index is 644. The predicted octanol–water partition coefficient (Wildman–Crippen LogP) is 4.15. The summed E-state index contributed by atoms with van der Waals surface area (Å²) in [6, 6.07) is 9.09. The molecule has 0 aliphatic carbocycles. The monoisotopic (exact) mass is 326 g/mol. The van der Waals surface area contributed by atoms with Gasteiger partial charge in [-0.25, -0.2) is 0 Å². The van der Waals surface area contributed by atoms with Crippen LogP contribution < -0.4 is 0 Å². The molecule has 0 saturated heterocycles. The van der Waals surface area contributed by atoms with Crippen LogP contribution in [0.1, 0.15) is 25.7 Å². The number of thiophene rings is 1. The lowest BCUT2D eigenvalue weighted by atomic mass is 10.2. The Morgan fingerprint density at radius 1 is 1.25 bits per heavy atom. The molecule has 0 amide bonds. The Morgan fingerprint density at radius 3 is 2.45 bits per heavy atom. The van der Waals surface area contributed by atoms with E-state index in [2.05, 4.69) is 0 Å². The largest absolute Gasteiger partial charge is 0.293 e. The van der Waals surface area contributed by atoms with Gasteiger partial charge in [-0.1, -0.05) is 23.7 Å². The molecule has 1 unspecified atom stereocenters. The molecule has 106 valence electrons. The first kappa shape index (κ1) is 15.4. The number of Topliss-reactive ketones (excluding diaryl/α,β-unsaturated/α-hetero) is 1. The Labute approximate surface area is 130 Å². The zero-order chi connectivity index (χ0) is 14.7. The normalized spacial score (nSPS) is 12.3. The maximum atomic E-state index is 12.1. The third kappa shape index (κ3) is 4.01. The van der Waals surface area contributed by atoms with Crippen LogP contribution in [0.5, 0.6) is 0 Å². The van der Waals surface area contributed by atoms with E-state index in [1.54, 1.807) is 23.5 Å². The first-order valence-electron chi connectivity index (χ1n) is 6.15. The van der Waals surface area contributed by atoms with Gasteiger partial charge in [-0.2, -0.15) is 0 Å². The van der Waals surface area contributed by atoms with Crippen LogP contribution in [0.2, 0.25) is 5.02 Å². The lowest BCUT2D eigenvalue weighted by molar-refractivity contribution is 0.102. The van der Waals surface area contributed by atoms with E-state index in [0.717, 1.165) is 15.3 Å². The van der Waals surface area contributed by atoms with E-state index >= 15 is 0 Å². The van der Waals surface area contributed by atoms with Gasteiger partial charge in [-0.05, 0) is 37.6 Å². The minimum atomic E-state index is -1.20. The van der Waals surface area contributed by atoms with Gasteiger partial charge in [-0.15, -0.1) is 11.3 Å². The molecule has 0 saturated carbocycles. The quantitative estimate of drug-likeness (QED) is 0.773. The fraction of sp³-hybridized carbons (Fsp3) is 0.267. The summed E-state index contributed by atoms with van der Waals surface area (Å²) in [4.78, 5) is 14.2. The predicted molar refractivity (Wildman–Crippen MR) is 86.3 cm³/mol. The van der Waals surface area contributed by atoms with Crippen molar-refractivity contribution in [2.75, 3.05) is 5.75 Å². The molecule has 0 N–H and O–H groups in total. The molecule has 0 aliphatic rings. The highest BCUT2D eigenvalue weighted by molar-refractivity contribution is 7.85. The summed E-state index contributed by atoms with van der Waals surface area (Å²) >= 11 is 7.40. The van der Waals surface area contributed by atoms with Crippen molar-refractivity contribution < 1.29 is 9.00 Å². The lowest BCUT2D eigenvalue weighted by Crippen LogP contribution is -2.12. The van der Waals surface area contributed by atoms with Gasteiger partial charge in [0.15, 0.2) is 5.78 Å². The second-order valence-electron chi connectivity index (χ2n) is 4.61. The maximum absolute atomic E-state index is 12.1. The van der Waals surface area contributed by atoms with E-state index in [1.807, 2.05) is 32.0 Å². The van der Waals surface area contributed by atoms with Gasteiger partial charge < -0.3 is 0 Å². The molecule has 2 rings (SSSR count). The molecule has 0 fully saturated rings. The van der Waals surface area contributed by atoms with Crippen LogP contribution in [0.4, 0.5) is 0 Å². The van der Waals surface area contributed by atoms with Crippen LogP contribution >= 0.6 is 22.9 Å². The average molecular weight is 327 g/mol. The smallest absolute Gasteiger partial charge is 0.176 e. The van der Waals surface area contributed by atoms with E-state index < -0.39 is 10.8 Å². The SMILES string of the molecule is Cc1cc(C(=O)CS(=O)Cc2ccc(Cl)cc2)c(C)s1. The summed E-state index contributed by atoms with van der Waals surface area (Å²) in [6.07, 6.45) is 0. The number of benzene rings is 1. The first-order valence-corrected chi connectivity index (χ1v) is 8.83.